The fourth-order valence-electron chi connectivity index (χ4n) is 3.45. The van der Waals surface area contributed by atoms with Crippen LogP contribution in [-0.4, -0.2) is 53.5 Å². The van der Waals surface area contributed by atoms with Crippen LogP contribution in [0.4, 0.5) is 10.8 Å². The Hall–Kier alpha value is -4.02. The number of nitrogen functional groups attached to an aromatic ring is 1. The second-order valence-electron chi connectivity index (χ2n) is 8.31. The summed E-state index contributed by atoms with van der Waals surface area (Å²) in [6.07, 6.45) is 1.82. The molecular weight excluding hydrogens is 464 g/mol. The molecule has 0 aliphatic rings. The third-order valence-electron chi connectivity index (χ3n) is 5.40. The molecule has 4 aromatic rings. The number of likely N-dealkylation sites (N-methyl/N-ethyl adjacent to an activating group) is 1. The van der Waals surface area contributed by atoms with E-state index in [2.05, 4.69) is 15.6 Å². The quantitative estimate of drug-likeness (QED) is 0.327. The Balaban J connectivity index is 1.42. The van der Waals surface area contributed by atoms with Crippen LogP contribution >= 0.6 is 11.3 Å². The van der Waals surface area contributed by atoms with Crippen LogP contribution in [0.2, 0.25) is 0 Å². The minimum atomic E-state index is -0.392. The Bertz CT molecular complexity index is 1430. The van der Waals surface area contributed by atoms with E-state index in [1.54, 1.807) is 28.8 Å². The van der Waals surface area contributed by atoms with Gasteiger partial charge in [0.25, 0.3) is 11.5 Å². The van der Waals surface area contributed by atoms with Crippen molar-refractivity contribution in [2.24, 2.45) is 0 Å². The molecule has 0 saturated carbocycles. The fraction of sp³-hybridized carbons (Fsp3) is 0.200. The number of benzene rings is 2. The molecule has 2 amide bonds. The van der Waals surface area contributed by atoms with Crippen LogP contribution in [0, 0.1) is 0 Å². The number of carbonyl (C=O) groups is 2. The first-order chi connectivity index (χ1) is 16.8. The van der Waals surface area contributed by atoms with Crippen molar-refractivity contribution >= 4 is 44.7 Å². The standard InChI is InChI=1S/C25H26N6O3S/c1-30(2)11-12-31-10-9-16-3-4-18(13-20(16)24(31)34)21-15-35-25(28-21)29-22(32)14-27-23(33)17-5-7-19(26)8-6-17/h3-10,13,15H,11-12,14,26H2,1-2H3,(H,27,33)(H,28,29,32). The number of amides is 2. The molecule has 4 N–H and O–H groups in total. The molecule has 0 aliphatic carbocycles. The number of nitrogens with zero attached hydrogens (tertiary/aromatic N) is 3. The number of hydrogen-bond acceptors (Lipinski definition) is 7. The SMILES string of the molecule is CN(C)CCn1ccc2ccc(-c3csc(NC(=O)CNC(=O)c4ccc(N)cc4)n3)cc2c1=O. The number of anilines is 2. The van der Waals surface area contributed by atoms with Gasteiger partial charge in [-0.15, -0.1) is 11.3 Å². The fourth-order valence-corrected chi connectivity index (χ4v) is 4.18. The van der Waals surface area contributed by atoms with E-state index in [1.807, 2.05) is 54.8 Å². The lowest BCUT2D eigenvalue weighted by molar-refractivity contribution is -0.115. The number of rotatable bonds is 8. The molecule has 0 radical (unpaired) electrons. The molecule has 35 heavy (non-hydrogen) atoms. The van der Waals surface area contributed by atoms with E-state index in [4.69, 9.17) is 5.73 Å². The summed E-state index contributed by atoms with van der Waals surface area (Å²) in [7, 11) is 3.94. The molecule has 4 rings (SSSR count). The van der Waals surface area contributed by atoms with E-state index in [1.165, 1.54) is 11.3 Å². The molecule has 0 aliphatic heterocycles. The zero-order valence-corrected chi connectivity index (χ0v) is 20.3. The largest absolute Gasteiger partial charge is 0.399 e. The lowest BCUT2D eigenvalue weighted by atomic mass is 10.1. The van der Waals surface area contributed by atoms with Crippen LogP contribution in [0.15, 0.2) is 64.9 Å². The minimum Gasteiger partial charge on any atom is -0.399 e. The second kappa shape index (κ2) is 10.5. The Morgan fingerprint density at radius 2 is 1.89 bits per heavy atom. The molecule has 0 fully saturated rings. The van der Waals surface area contributed by atoms with E-state index in [9.17, 15) is 14.4 Å². The normalized spacial score (nSPS) is 11.1. The average Bonchev–Trinajstić information content (AvgIpc) is 3.30. The topological polar surface area (TPSA) is 122 Å². The van der Waals surface area contributed by atoms with Crippen molar-refractivity contribution in [2.75, 3.05) is 38.2 Å². The summed E-state index contributed by atoms with van der Waals surface area (Å²) in [6, 6.07) is 14.0. The van der Waals surface area contributed by atoms with Crippen LogP contribution in [0.3, 0.4) is 0 Å². The van der Waals surface area contributed by atoms with E-state index in [0.29, 0.717) is 34.0 Å². The van der Waals surface area contributed by atoms with Gasteiger partial charge in [0.15, 0.2) is 5.13 Å². The highest BCUT2D eigenvalue weighted by atomic mass is 32.1. The Morgan fingerprint density at radius 1 is 1.11 bits per heavy atom. The van der Waals surface area contributed by atoms with Gasteiger partial charge in [0.1, 0.15) is 0 Å². The predicted molar refractivity (Wildman–Crippen MR) is 140 cm³/mol. The molecule has 0 saturated heterocycles. The van der Waals surface area contributed by atoms with Gasteiger partial charge in [0.05, 0.1) is 12.2 Å². The maximum Gasteiger partial charge on any atom is 0.258 e. The van der Waals surface area contributed by atoms with Crippen LogP contribution in [0.5, 0.6) is 0 Å². The highest BCUT2D eigenvalue weighted by Crippen LogP contribution is 2.27. The van der Waals surface area contributed by atoms with Gasteiger partial charge >= 0.3 is 0 Å². The number of pyridine rings is 1. The predicted octanol–water partition coefficient (Wildman–Crippen LogP) is 2.64. The molecule has 2 heterocycles. The van der Waals surface area contributed by atoms with Gasteiger partial charge in [0, 0.05) is 46.9 Å². The zero-order valence-electron chi connectivity index (χ0n) is 19.4. The van der Waals surface area contributed by atoms with Crippen molar-refractivity contribution in [3.8, 4) is 11.3 Å². The third kappa shape index (κ3) is 5.92. The van der Waals surface area contributed by atoms with Crippen LogP contribution in [0.1, 0.15) is 10.4 Å². The highest BCUT2D eigenvalue weighted by molar-refractivity contribution is 7.14. The smallest absolute Gasteiger partial charge is 0.258 e. The van der Waals surface area contributed by atoms with Crippen LogP contribution in [-0.2, 0) is 11.3 Å². The monoisotopic (exact) mass is 490 g/mol. The molecule has 0 unspecified atom stereocenters. The summed E-state index contributed by atoms with van der Waals surface area (Å²) in [4.78, 5) is 43.9. The van der Waals surface area contributed by atoms with E-state index in [-0.39, 0.29) is 18.0 Å². The molecule has 0 spiro atoms. The average molecular weight is 491 g/mol. The van der Waals surface area contributed by atoms with Gasteiger partial charge in [0.2, 0.25) is 5.91 Å². The molecule has 2 aromatic carbocycles. The Kier molecular flexibility index (Phi) is 7.23. The number of hydrogen-bond donors (Lipinski definition) is 3. The maximum absolute atomic E-state index is 13.0. The number of fused-ring (bicyclic) bond motifs is 1. The van der Waals surface area contributed by atoms with Gasteiger partial charge in [-0.05, 0) is 55.9 Å². The number of carbonyl (C=O) groups excluding carboxylic acids is 2. The zero-order chi connectivity index (χ0) is 24.9. The first kappa shape index (κ1) is 24.1. The molecule has 180 valence electrons. The first-order valence-corrected chi connectivity index (χ1v) is 11.9. The summed E-state index contributed by atoms with van der Waals surface area (Å²) >= 11 is 1.27. The van der Waals surface area contributed by atoms with Gasteiger partial charge in [-0.1, -0.05) is 12.1 Å². The Labute approximate surface area is 206 Å². The summed E-state index contributed by atoms with van der Waals surface area (Å²) < 4.78 is 1.71. The molecule has 10 heteroatoms. The lowest BCUT2D eigenvalue weighted by Gasteiger charge is -2.12. The number of nitrogens with one attached hydrogen (secondary N) is 2. The van der Waals surface area contributed by atoms with Crippen molar-refractivity contribution in [2.45, 2.75) is 6.54 Å². The van der Waals surface area contributed by atoms with Gasteiger partial charge < -0.3 is 25.8 Å². The highest BCUT2D eigenvalue weighted by Gasteiger charge is 2.12. The molecule has 0 bridgehead atoms. The number of thiazole rings is 1. The molecule has 9 nitrogen and oxygen atoms in total. The third-order valence-corrected chi connectivity index (χ3v) is 6.15. The summed E-state index contributed by atoms with van der Waals surface area (Å²) in [5.41, 5.74) is 7.99. The lowest BCUT2D eigenvalue weighted by Crippen LogP contribution is -2.32. The molecular formula is C25H26N6O3S. The van der Waals surface area contributed by atoms with Crippen molar-refractivity contribution < 1.29 is 9.59 Å². The van der Waals surface area contributed by atoms with Crippen LogP contribution in [0.25, 0.3) is 22.0 Å². The van der Waals surface area contributed by atoms with Crippen molar-refractivity contribution in [1.29, 1.82) is 0 Å². The molecule has 2 aromatic heterocycles. The van der Waals surface area contributed by atoms with Gasteiger partial charge in [-0.2, -0.15) is 0 Å². The first-order valence-electron chi connectivity index (χ1n) is 11.0. The van der Waals surface area contributed by atoms with Crippen molar-refractivity contribution in [3.63, 3.8) is 0 Å². The summed E-state index contributed by atoms with van der Waals surface area (Å²) in [5, 5.41) is 8.97. The van der Waals surface area contributed by atoms with Crippen molar-refractivity contribution in [1.82, 2.24) is 19.8 Å². The van der Waals surface area contributed by atoms with Crippen LogP contribution < -0.4 is 21.9 Å². The summed E-state index contributed by atoms with van der Waals surface area (Å²) in [5.74, 6) is -0.760. The van der Waals surface area contributed by atoms with E-state index < -0.39 is 5.91 Å². The van der Waals surface area contributed by atoms with Crippen molar-refractivity contribution in [3.05, 3.63) is 76.0 Å². The minimum absolute atomic E-state index is 0.0493. The maximum atomic E-state index is 13.0. The summed E-state index contributed by atoms with van der Waals surface area (Å²) in [6.45, 7) is 1.18. The molecule has 0 atom stereocenters. The van der Waals surface area contributed by atoms with Gasteiger partial charge in [-0.25, -0.2) is 4.98 Å². The number of nitrogens with two attached hydrogens (primary N) is 1. The second-order valence-corrected chi connectivity index (χ2v) is 9.17. The Morgan fingerprint density at radius 3 is 2.63 bits per heavy atom. The van der Waals surface area contributed by atoms with Gasteiger partial charge in [-0.3, -0.25) is 14.4 Å². The van der Waals surface area contributed by atoms with E-state index >= 15 is 0 Å². The van der Waals surface area contributed by atoms with E-state index in [0.717, 1.165) is 17.5 Å². The number of aromatic nitrogens is 2.